The first kappa shape index (κ1) is 20.7. The zero-order valence-corrected chi connectivity index (χ0v) is 17.8. The van der Waals surface area contributed by atoms with Gasteiger partial charge in [0.05, 0.1) is 7.11 Å². The van der Waals surface area contributed by atoms with E-state index in [-0.39, 0.29) is 5.91 Å². The molecule has 29 heavy (non-hydrogen) atoms. The Morgan fingerprint density at radius 2 is 1.69 bits per heavy atom. The van der Waals surface area contributed by atoms with Crippen molar-refractivity contribution in [3.63, 3.8) is 0 Å². The maximum atomic E-state index is 12.7. The summed E-state index contributed by atoms with van der Waals surface area (Å²) in [5.41, 5.74) is 5.19. The summed E-state index contributed by atoms with van der Waals surface area (Å²) in [5.74, 6) is 1.23. The van der Waals surface area contributed by atoms with Crippen LogP contribution in [0.25, 0.3) is 0 Å². The maximum absolute atomic E-state index is 12.7. The van der Waals surface area contributed by atoms with Crippen LogP contribution in [0.5, 0.6) is 11.5 Å². The fraction of sp³-hybridized carbons (Fsp3) is 0.208. The van der Waals surface area contributed by atoms with Gasteiger partial charge in [-0.05, 0) is 79.9 Å². The molecule has 0 bridgehead atoms. The second-order valence-electron chi connectivity index (χ2n) is 7.06. The van der Waals surface area contributed by atoms with E-state index >= 15 is 0 Å². The van der Waals surface area contributed by atoms with Crippen molar-refractivity contribution >= 4 is 23.2 Å². The summed E-state index contributed by atoms with van der Waals surface area (Å²) in [6.07, 6.45) is 0. The van der Waals surface area contributed by atoms with E-state index in [9.17, 15) is 4.79 Å². The Bertz CT molecular complexity index is 1030. The molecule has 0 atom stereocenters. The molecule has 0 aliphatic heterocycles. The number of methoxy groups -OCH3 is 1. The number of hydrogen-bond donors (Lipinski definition) is 1. The zero-order valence-electron chi connectivity index (χ0n) is 17.0. The third-order valence-electron chi connectivity index (χ3n) is 4.56. The first-order chi connectivity index (χ1) is 13.9. The Hall–Kier alpha value is -2.98. The number of ether oxygens (including phenoxy) is 2. The Morgan fingerprint density at radius 1 is 0.966 bits per heavy atom. The quantitative estimate of drug-likeness (QED) is 0.534. The predicted octanol–water partition coefficient (Wildman–Crippen LogP) is 6.11. The Kier molecular flexibility index (Phi) is 6.45. The monoisotopic (exact) mass is 409 g/mol. The molecule has 0 aliphatic rings. The highest BCUT2D eigenvalue weighted by atomic mass is 35.5. The molecular weight excluding hydrogens is 386 g/mol. The summed E-state index contributed by atoms with van der Waals surface area (Å²) in [4.78, 5) is 12.7. The summed E-state index contributed by atoms with van der Waals surface area (Å²) < 4.78 is 11.4. The lowest BCUT2D eigenvalue weighted by atomic mass is 10.1. The predicted molar refractivity (Wildman–Crippen MR) is 117 cm³/mol. The first-order valence-electron chi connectivity index (χ1n) is 9.31. The van der Waals surface area contributed by atoms with Gasteiger partial charge in [0.25, 0.3) is 5.91 Å². The molecule has 0 heterocycles. The van der Waals surface area contributed by atoms with E-state index in [0.717, 1.165) is 28.0 Å². The van der Waals surface area contributed by atoms with Crippen LogP contribution in [0.1, 0.15) is 32.6 Å². The van der Waals surface area contributed by atoms with Gasteiger partial charge in [-0.2, -0.15) is 0 Å². The zero-order chi connectivity index (χ0) is 21.0. The van der Waals surface area contributed by atoms with Gasteiger partial charge in [-0.25, -0.2) is 0 Å². The van der Waals surface area contributed by atoms with Gasteiger partial charge in [0.2, 0.25) is 0 Å². The highest BCUT2D eigenvalue weighted by Gasteiger charge is 2.12. The molecule has 1 N–H and O–H groups in total. The number of hydrogen-bond acceptors (Lipinski definition) is 3. The van der Waals surface area contributed by atoms with Crippen LogP contribution in [0.15, 0.2) is 54.6 Å². The number of nitrogens with one attached hydrogen (secondary N) is 1. The fourth-order valence-electron chi connectivity index (χ4n) is 3.08. The van der Waals surface area contributed by atoms with E-state index in [0.29, 0.717) is 28.6 Å². The maximum Gasteiger partial charge on any atom is 0.255 e. The van der Waals surface area contributed by atoms with Crippen molar-refractivity contribution in [2.45, 2.75) is 27.4 Å². The normalized spacial score (nSPS) is 10.5. The molecule has 1 amide bonds. The van der Waals surface area contributed by atoms with Crippen LogP contribution < -0.4 is 14.8 Å². The van der Waals surface area contributed by atoms with Crippen LogP contribution in [0.3, 0.4) is 0 Å². The van der Waals surface area contributed by atoms with Crippen LogP contribution in [-0.4, -0.2) is 13.0 Å². The SMILES string of the molecule is COc1ccc(C(=O)Nc2ccc(C)c(Cl)c2)cc1COc1cc(C)cc(C)c1. The molecule has 0 saturated carbocycles. The first-order valence-corrected chi connectivity index (χ1v) is 9.69. The minimum absolute atomic E-state index is 0.222. The Labute approximate surface area is 176 Å². The molecular formula is C24H24ClNO3. The fourth-order valence-corrected chi connectivity index (χ4v) is 3.26. The van der Waals surface area contributed by atoms with Crippen LogP contribution in [-0.2, 0) is 6.61 Å². The third-order valence-corrected chi connectivity index (χ3v) is 4.97. The highest BCUT2D eigenvalue weighted by molar-refractivity contribution is 6.31. The molecule has 0 saturated heterocycles. The molecule has 4 nitrogen and oxygen atoms in total. The largest absolute Gasteiger partial charge is 0.496 e. The molecule has 150 valence electrons. The van der Waals surface area contributed by atoms with Gasteiger partial charge in [0.1, 0.15) is 18.1 Å². The average Bonchev–Trinajstić information content (AvgIpc) is 2.68. The summed E-state index contributed by atoms with van der Waals surface area (Å²) >= 11 is 6.15. The van der Waals surface area contributed by atoms with E-state index in [2.05, 4.69) is 11.4 Å². The minimum Gasteiger partial charge on any atom is -0.496 e. The van der Waals surface area contributed by atoms with Crippen molar-refractivity contribution in [3.05, 3.63) is 87.4 Å². The highest BCUT2D eigenvalue weighted by Crippen LogP contribution is 2.25. The third kappa shape index (κ3) is 5.30. The van der Waals surface area contributed by atoms with Crippen molar-refractivity contribution in [2.24, 2.45) is 0 Å². The average molecular weight is 410 g/mol. The topological polar surface area (TPSA) is 47.6 Å². The van der Waals surface area contributed by atoms with E-state index in [1.807, 2.05) is 45.0 Å². The number of carbonyl (C=O) groups excluding carboxylic acids is 1. The van der Waals surface area contributed by atoms with Crippen molar-refractivity contribution in [3.8, 4) is 11.5 Å². The second kappa shape index (κ2) is 9.01. The Morgan fingerprint density at radius 3 is 2.34 bits per heavy atom. The lowest BCUT2D eigenvalue weighted by Gasteiger charge is -2.13. The summed E-state index contributed by atoms with van der Waals surface area (Å²) in [5, 5.41) is 3.49. The van der Waals surface area contributed by atoms with Crippen LogP contribution in [0.4, 0.5) is 5.69 Å². The van der Waals surface area contributed by atoms with Crippen LogP contribution >= 0.6 is 11.6 Å². The number of rotatable bonds is 6. The van der Waals surface area contributed by atoms with Gasteiger partial charge >= 0.3 is 0 Å². The minimum atomic E-state index is -0.222. The van der Waals surface area contributed by atoms with Gasteiger partial charge < -0.3 is 14.8 Å². The number of anilines is 1. The standard InChI is InChI=1S/C24H24ClNO3/c1-15-9-16(2)11-21(10-15)29-14-19-12-18(6-8-23(19)28-4)24(27)26-20-7-5-17(3)22(25)13-20/h5-13H,14H2,1-4H3,(H,26,27). The Balaban J connectivity index is 1.78. The molecule has 0 spiro atoms. The number of benzene rings is 3. The lowest BCUT2D eigenvalue weighted by Crippen LogP contribution is -2.13. The van der Waals surface area contributed by atoms with Gasteiger partial charge in [-0.3, -0.25) is 4.79 Å². The van der Waals surface area contributed by atoms with E-state index < -0.39 is 0 Å². The van der Waals surface area contributed by atoms with Crippen LogP contribution in [0, 0.1) is 20.8 Å². The van der Waals surface area contributed by atoms with E-state index in [1.54, 1.807) is 31.4 Å². The molecule has 0 aliphatic carbocycles. The van der Waals surface area contributed by atoms with Crippen LogP contribution in [0.2, 0.25) is 5.02 Å². The number of amides is 1. The molecule has 3 rings (SSSR count). The number of carbonyl (C=O) groups is 1. The van der Waals surface area contributed by atoms with Crippen molar-refractivity contribution < 1.29 is 14.3 Å². The molecule has 0 radical (unpaired) electrons. The van der Waals surface area contributed by atoms with E-state index in [1.165, 1.54) is 0 Å². The van der Waals surface area contributed by atoms with Crippen molar-refractivity contribution in [1.82, 2.24) is 0 Å². The van der Waals surface area contributed by atoms with Gasteiger partial charge in [0.15, 0.2) is 0 Å². The molecule has 3 aromatic carbocycles. The second-order valence-corrected chi connectivity index (χ2v) is 7.46. The molecule has 3 aromatic rings. The van der Waals surface area contributed by atoms with Gasteiger partial charge in [0, 0.05) is 21.8 Å². The van der Waals surface area contributed by atoms with Crippen molar-refractivity contribution in [2.75, 3.05) is 12.4 Å². The van der Waals surface area contributed by atoms with E-state index in [4.69, 9.17) is 21.1 Å². The lowest BCUT2D eigenvalue weighted by molar-refractivity contribution is 0.102. The number of aryl methyl sites for hydroxylation is 3. The summed E-state index contributed by atoms with van der Waals surface area (Å²) in [7, 11) is 1.60. The molecule has 0 unspecified atom stereocenters. The van der Waals surface area contributed by atoms with Gasteiger partial charge in [-0.1, -0.05) is 23.7 Å². The molecule has 0 aromatic heterocycles. The number of halogens is 1. The summed E-state index contributed by atoms with van der Waals surface area (Å²) in [6, 6.07) is 16.8. The smallest absolute Gasteiger partial charge is 0.255 e. The summed E-state index contributed by atoms with van der Waals surface area (Å²) in [6.45, 7) is 6.27. The molecule has 0 fully saturated rings. The molecule has 5 heteroatoms. The van der Waals surface area contributed by atoms with Crippen molar-refractivity contribution in [1.29, 1.82) is 0 Å². The van der Waals surface area contributed by atoms with Gasteiger partial charge in [-0.15, -0.1) is 0 Å².